The third-order valence-electron chi connectivity index (χ3n) is 3.12. The maximum absolute atomic E-state index is 10.9. The average molecular weight is 290 g/mol. The Hall–Kier alpha value is -2.50. The van der Waals surface area contributed by atoms with Gasteiger partial charge in [-0.1, -0.05) is 0 Å². The quantitative estimate of drug-likeness (QED) is 0.731. The maximum Gasteiger partial charge on any atom is 0.203 e. The third-order valence-corrected chi connectivity index (χ3v) is 3.12. The van der Waals surface area contributed by atoms with Crippen molar-refractivity contribution in [3.63, 3.8) is 0 Å². The van der Waals surface area contributed by atoms with E-state index in [2.05, 4.69) is 4.98 Å². The topological polar surface area (TPSA) is 62.6 Å². The van der Waals surface area contributed by atoms with E-state index in [0.717, 1.165) is 12.1 Å². The molecule has 0 aliphatic heterocycles. The molecule has 0 saturated carbocycles. The van der Waals surface area contributed by atoms with E-state index >= 15 is 0 Å². The molecule has 0 saturated heterocycles. The van der Waals surface area contributed by atoms with E-state index in [4.69, 9.17) is 14.2 Å². The van der Waals surface area contributed by atoms with Crippen LogP contribution in [0.15, 0.2) is 24.5 Å². The Kier molecular flexibility index (Phi) is 4.81. The zero-order valence-electron chi connectivity index (χ0n) is 12.3. The summed E-state index contributed by atoms with van der Waals surface area (Å²) in [7, 11) is 3.05. The molecule has 1 aromatic heterocycles. The number of aromatic nitrogens is 2. The van der Waals surface area contributed by atoms with E-state index < -0.39 is 0 Å². The van der Waals surface area contributed by atoms with Gasteiger partial charge in [0, 0.05) is 18.0 Å². The highest BCUT2D eigenvalue weighted by Crippen LogP contribution is 2.38. The molecule has 21 heavy (non-hydrogen) atoms. The molecule has 0 bridgehead atoms. The summed E-state index contributed by atoms with van der Waals surface area (Å²) in [5, 5.41) is 0. The number of benzene rings is 1. The van der Waals surface area contributed by atoms with Gasteiger partial charge in [0.25, 0.3) is 0 Å². The summed E-state index contributed by atoms with van der Waals surface area (Å²) < 4.78 is 18.3. The van der Waals surface area contributed by atoms with E-state index in [9.17, 15) is 4.79 Å². The number of imidazole rings is 1. The van der Waals surface area contributed by atoms with Gasteiger partial charge in [0.2, 0.25) is 5.75 Å². The maximum atomic E-state index is 10.9. The van der Waals surface area contributed by atoms with Crippen LogP contribution in [0.1, 0.15) is 16.2 Å². The number of aryl methyl sites for hydroxylation is 1. The average Bonchev–Trinajstić information content (AvgIpc) is 2.92. The minimum atomic E-state index is 0.435. The van der Waals surface area contributed by atoms with E-state index in [-0.39, 0.29) is 0 Å². The summed E-state index contributed by atoms with van der Waals surface area (Å²) in [5.74, 6) is 2.36. The highest BCUT2D eigenvalue weighted by Gasteiger charge is 2.14. The number of ether oxygens (including phenoxy) is 3. The van der Waals surface area contributed by atoms with Crippen LogP contribution in [0.25, 0.3) is 0 Å². The predicted octanol–water partition coefficient (Wildman–Crippen LogP) is 2.10. The molecular weight excluding hydrogens is 272 g/mol. The van der Waals surface area contributed by atoms with Gasteiger partial charge in [-0.05, 0) is 19.1 Å². The van der Waals surface area contributed by atoms with Crippen molar-refractivity contribution in [1.29, 1.82) is 0 Å². The second kappa shape index (κ2) is 6.78. The van der Waals surface area contributed by atoms with Crippen LogP contribution < -0.4 is 14.2 Å². The van der Waals surface area contributed by atoms with Crippen molar-refractivity contribution in [3.05, 3.63) is 35.9 Å². The summed E-state index contributed by atoms with van der Waals surface area (Å²) >= 11 is 0. The first-order valence-electron chi connectivity index (χ1n) is 6.51. The molecule has 112 valence electrons. The van der Waals surface area contributed by atoms with Gasteiger partial charge in [-0.3, -0.25) is 4.79 Å². The van der Waals surface area contributed by atoms with Crippen LogP contribution in [0.2, 0.25) is 0 Å². The molecule has 1 aromatic carbocycles. The molecule has 0 atom stereocenters. The Labute approximate surface area is 123 Å². The summed E-state index contributed by atoms with van der Waals surface area (Å²) in [6.07, 6.45) is 4.38. The van der Waals surface area contributed by atoms with Crippen LogP contribution >= 0.6 is 0 Å². The number of aldehydes is 1. The number of hydrogen-bond acceptors (Lipinski definition) is 5. The molecule has 0 radical (unpaired) electrons. The minimum absolute atomic E-state index is 0.435. The SMILES string of the molecule is COc1cc(C=O)cc(OC)c1OCCn1ccnc1C. The number of nitrogens with zero attached hydrogens (tertiary/aromatic N) is 2. The fourth-order valence-corrected chi connectivity index (χ4v) is 2.00. The van der Waals surface area contributed by atoms with Gasteiger partial charge in [0.1, 0.15) is 18.7 Å². The molecule has 0 aliphatic carbocycles. The smallest absolute Gasteiger partial charge is 0.203 e. The third kappa shape index (κ3) is 3.34. The molecule has 6 heteroatoms. The van der Waals surface area contributed by atoms with Gasteiger partial charge in [0.15, 0.2) is 11.5 Å². The number of hydrogen-bond donors (Lipinski definition) is 0. The van der Waals surface area contributed by atoms with Crippen LogP contribution in [0.5, 0.6) is 17.2 Å². The fraction of sp³-hybridized carbons (Fsp3) is 0.333. The number of rotatable bonds is 7. The molecule has 0 aliphatic rings. The van der Waals surface area contributed by atoms with Gasteiger partial charge in [0.05, 0.1) is 20.8 Å². The number of carbonyl (C=O) groups is 1. The van der Waals surface area contributed by atoms with Crippen LogP contribution in [0, 0.1) is 6.92 Å². The Morgan fingerprint density at radius 3 is 2.38 bits per heavy atom. The predicted molar refractivity (Wildman–Crippen MR) is 77.4 cm³/mol. The normalized spacial score (nSPS) is 10.2. The Bertz CT molecular complexity index is 597. The molecule has 1 heterocycles. The van der Waals surface area contributed by atoms with Crippen molar-refractivity contribution in [3.8, 4) is 17.2 Å². The monoisotopic (exact) mass is 290 g/mol. The first kappa shape index (κ1) is 14.9. The zero-order chi connectivity index (χ0) is 15.2. The highest BCUT2D eigenvalue weighted by molar-refractivity contribution is 5.78. The first-order chi connectivity index (χ1) is 10.2. The van der Waals surface area contributed by atoms with Crippen molar-refractivity contribution < 1.29 is 19.0 Å². The highest BCUT2D eigenvalue weighted by atomic mass is 16.5. The summed E-state index contributed by atoms with van der Waals surface area (Å²) in [5.41, 5.74) is 0.474. The molecule has 0 spiro atoms. The lowest BCUT2D eigenvalue weighted by Gasteiger charge is -2.15. The van der Waals surface area contributed by atoms with Crippen molar-refractivity contribution in [2.24, 2.45) is 0 Å². The van der Waals surface area contributed by atoms with E-state index in [0.29, 0.717) is 36.0 Å². The number of methoxy groups -OCH3 is 2. The summed E-state index contributed by atoms with van der Waals surface area (Å²) in [6, 6.07) is 3.24. The number of carbonyl (C=O) groups excluding carboxylic acids is 1. The molecule has 0 amide bonds. The molecule has 2 aromatic rings. The Morgan fingerprint density at radius 2 is 1.90 bits per heavy atom. The zero-order valence-corrected chi connectivity index (χ0v) is 12.3. The van der Waals surface area contributed by atoms with Crippen molar-refractivity contribution in [2.45, 2.75) is 13.5 Å². The van der Waals surface area contributed by atoms with Crippen molar-refractivity contribution >= 4 is 6.29 Å². The molecule has 6 nitrogen and oxygen atoms in total. The second-order valence-electron chi connectivity index (χ2n) is 4.39. The minimum Gasteiger partial charge on any atom is -0.493 e. The van der Waals surface area contributed by atoms with Crippen molar-refractivity contribution in [1.82, 2.24) is 9.55 Å². The van der Waals surface area contributed by atoms with Crippen LogP contribution in [0.4, 0.5) is 0 Å². The lowest BCUT2D eigenvalue weighted by molar-refractivity contribution is 0.112. The van der Waals surface area contributed by atoms with Crippen LogP contribution in [0.3, 0.4) is 0 Å². The lowest BCUT2D eigenvalue weighted by Crippen LogP contribution is -2.10. The molecular formula is C15H18N2O4. The van der Waals surface area contributed by atoms with E-state index in [1.165, 1.54) is 14.2 Å². The summed E-state index contributed by atoms with van der Waals surface area (Å²) in [6.45, 7) is 3.03. The van der Waals surface area contributed by atoms with E-state index in [1.807, 2.05) is 17.7 Å². The molecule has 2 rings (SSSR count). The van der Waals surface area contributed by atoms with Gasteiger partial charge in [-0.2, -0.15) is 0 Å². The van der Waals surface area contributed by atoms with Gasteiger partial charge < -0.3 is 18.8 Å². The fourth-order valence-electron chi connectivity index (χ4n) is 2.00. The lowest BCUT2D eigenvalue weighted by atomic mass is 10.2. The van der Waals surface area contributed by atoms with Gasteiger partial charge >= 0.3 is 0 Å². The first-order valence-corrected chi connectivity index (χ1v) is 6.51. The van der Waals surface area contributed by atoms with Gasteiger partial charge in [-0.25, -0.2) is 4.98 Å². The van der Waals surface area contributed by atoms with E-state index in [1.54, 1.807) is 18.3 Å². The van der Waals surface area contributed by atoms with Crippen molar-refractivity contribution in [2.75, 3.05) is 20.8 Å². The molecule has 0 N–H and O–H groups in total. The standard InChI is InChI=1S/C15H18N2O4/c1-11-16-4-5-17(11)6-7-21-15-13(19-2)8-12(10-18)9-14(15)20-3/h4-5,8-10H,6-7H2,1-3H3. The van der Waals surface area contributed by atoms with Crippen LogP contribution in [-0.4, -0.2) is 36.7 Å². The Morgan fingerprint density at radius 1 is 1.24 bits per heavy atom. The second-order valence-corrected chi connectivity index (χ2v) is 4.39. The summed E-state index contributed by atoms with van der Waals surface area (Å²) in [4.78, 5) is 15.1. The largest absolute Gasteiger partial charge is 0.493 e. The molecule has 0 unspecified atom stereocenters. The molecule has 0 fully saturated rings. The Balaban J connectivity index is 2.14. The van der Waals surface area contributed by atoms with Gasteiger partial charge in [-0.15, -0.1) is 0 Å². The van der Waals surface area contributed by atoms with Crippen LogP contribution in [-0.2, 0) is 6.54 Å².